The van der Waals surface area contributed by atoms with Gasteiger partial charge in [-0.1, -0.05) is 0 Å². The molecule has 2 aliphatic rings. The molecule has 0 saturated carbocycles. The monoisotopic (exact) mass is 382 g/mol. The third-order valence-electron chi connectivity index (χ3n) is 4.95. The molecular formula is C18H18N6O2S. The summed E-state index contributed by atoms with van der Waals surface area (Å²) in [5.74, 6) is 1.33. The van der Waals surface area contributed by atoms with Crippen LogP contribution in [0.5, 0.6) is 0 Å². The van der Waals surface area contributed by atoms with Crippen molar-refractivity contribution in [2.45, 2.75) is 12.8 Å². The molecule has 0 spiro atoms. The summed E-state index contributed by atoms with van der Waals surface area (Å²) >= 11 is 1.15. The molecule has 0 bridgehead atoms. The maximum atomic E-state index is 13.2. The minimum Gasteiger partial charge on any atom is -0.378 e. The summed E-state index contributed by atoms with van der Waals surface area (Å²) in [6, 6.07) is 5.46. The molecule has 1 saturated heterocycles. The van der Waals surface area contributed by atoms with E-state index in [0.29, 0.717) is 31.3 Å². The van der Waals surface area contributed by atoms with Crippen LogP contribution >= 0.6 is 11.7 Å². The summed E-state index contributed by atoms with van der Waals surface area (Å²) < 4.78 is 13.9. The summed E-state index contributed by atoms with van der Waals surface area (Å²) in [6.07, 6.45) is 3.65. The molecule has 0 unspecified atom stereocenters. The number of aromatic nitrogens is 4. The van der Waals surface area contributed by atoms with E-state index in [4.69, 9.17) is 9.72 Å². The number of carbonyl (C=O) groups excluding carboxylic acids is 1. The molecule has 0 atom stereocenters. The second-order valence-electron chi connectivity index (χ2n) is 6.65. The molecule has 1 aromatic carbocycles. The van der Waals surface area contributed by atoms with E-state index in [1.54, 1.807) is 11.0 Å². The first-order chi connectivity index (χ1) is 13.3. The highest BCUT2D eigenvalue weighted by Gasteiger charge is 2.27. The molecule has 1 fully saturated rings. The largest absolute Gasteiger partial charge is 0.378 e. The third-order valence-corrected chi connectivity index (χ3v) is 5.51. The van der Waals surface area contributed by atoms with Gasteiger partial charge in [0.1, 0.15) is 16.9 Å². The van der Waals surface area contributed by atoms with Gasteiger partial charge < -0.3 is 9.64 Å². The molecule has 138 valence electrons. The van der Waals surface area contributed by atoms with Crippen LogP contribution in [0, 0.1) is 0 Å². The molecule has 9 heteroatoms. The van der Waals surface area contributed by atoms with Gasteiger partial charge in [-0.3, -0.25) is 9.69 Å². The first kappa shape index (κ1) is 16.5. The van der Waals surface area contributed by atoms with Crippen molar-refractivity contribution in [3.63, 3.8) is 0 Å². The fourth-order valence-corrected chi connectivity index (χ4v) is 4.03. The zero-order valence-corrected chi connectivity index (χ0v) is 15.5. The summed E-state index contributed by atoms with van der Waals surface area (Å²) in [5.41, 5.74) is 3.19. The van der Waals surface area contributed by atoms with E-state index in [0.717, 1.165) is 60.1 Å². The van der Waals surface area contributed by atoms with Gasteiger partial charge in [0, 0.05) is 37.0 Å². The van der Waals surface area contributed by atoms with Gasteiger partial charge in [0.25, 0.3) is 5.91 Å². The van der Waals surface area contributed by atoms with Crippen molar-refractivity contribution >= 4 is 40.4 Å². The Morgan fingerprint density at radius 3 is 2.85 bits per heavy atom. The predicted octanol–water partition coefficient (Wildman–Crippen LogP) is 1.91. The summed E-state index contributed by atoms with van der Waals surface area (Å²) in [7, 11) is 0. The van der Waals surface area contributed by atoms with Crippen molar-refractivity contribution in [1.29, 1.82) is 0 Å². The molecular weight excluding hydrogens is 364 g/mol. The Morgan fingerprint density at radius 1 is 1.11 bits per heavy atom. The Labute approximate surface area is 160 Å². The van der Waals surface area contributed by atoms with Crippen LogP contribution in [-0.4, -0.2) is 57.5 Å². The number of amides is 1. The van der Waals surface area contributed by atoms with Crippen LogP contribution in [0.2, 0.25) is 0 Å². The minimum absolute atomic E-state index is 0.0579. The van der Waals surface area contributed by atoms with E-state index in [1.165, 1.54) is 0 Å². The number of ether oxygens (including phenoxy) is 1. The lowest BCUT2D eigenvalue weighted by Crippen LogP contribution is -2.39. The van der Waals surface area contributed by atoms with Crippen LogP contribution in [0.15, 0.2) is 24.4 Å². The zero-order chi connectivity index (χ0) is 18.2. The number of hydrogen-bond donors (Lipinski definition) is 0. The molecule has 3 aromatic rings. The second kappa shape index (κ2) is 6.82. The zero-order valence-electron chi connectivity index (χ0n) is 14.7. The van der Waals surface area contributed by atoms with Gasteiger partial charge >= 0.3 is 0 Å². The Bertz CT molecular complexity index is 1000. The van der Waals surface area contributed by atoms with Crippen LogP contribution in [0.1, 0.15) is 22.3 Å². The lowest BCUT2D eigenvalue weighted by molar-refractivity contribution is 0.0984. The van der Waals surface area contributed by atoms with Gasteiger partial charge in [-0.15, -0.1) is 0 Å². The summed E-state index contributed by atoms with van der Waals surface area (Å²) in [6.45, 7) is 3.52. The first-order valence-electron chi connectivity index (χ1n) is 9.02. The molecule has 0 aliphatic carbocycles. The van der Waals surface area contributed by atoms with Crippen molar-refractivity contribution in [2.75, 3.05) is 42.6 Å². The fourth-order valence-electron chi connectivity index (χ4n) is 3.52. The van der Waals surface area contributed by atoms with E-state index in [1.807, 2.05) is 18.3 Å². The van der Waals surface area contributed by atoms with Crippen LogP contribution in [0.25, 0.3) is 11.0 Å². The molecule has 2 aliphatic heterocycles. The Balaban J connectivity index is 1.49. The summed E-state index contributed by atoms with van der Waals surface area (Å²) in [4.78, 5) is 26.4. The van der Waals surface area contributed by atoms with Crippen LogP contribution < -0.4 is 9.80 Å². The average molecular weight is 382 g/mol. The van der Waals surface area contributed by atoms with Crippen molar-refractivity contribution < 1.29 is 9.53 Å². The smallest absolute Gasteiger partial charge is 0.259 e. The predicted molar refractivity (Wildman–Crippen MR) is 102 cm³/mol. The fraction of sp³-hybridized carbons (Fsp3) is 0.389. The Hall–Kier alpha value is -2.65. The molecule has 4 heterocycles. The maximum Gasteiger partial charge on any atom is 0.259 e. The number of anilines is 2. The number of morpholine rings is 1. The molecule has 8 nitrogen and oxygen atoms in total. The number of rotatable bonds is 2. The lowest BCUT2D eigenvalue weighted by Gasteiger charge is -2.31. The Morgan fingerprint density at radius 2 is 1.96 bits per heavy atom. The standard InChI is InChI=1S/C18H18N6O2S/c25-17(12-3-4-14-15(10-12)22-27-21-14)24-5-1-2-13-11-19-18(20-16(13)24)23-6-8-26-9-7-23/h3-4,10-11H,1-2,5-9H2. The van der Waals surface area contributed by atoms with Crippen LogP contribution in [0.4, 0.5) is 11.8 Å². The van der Waals surface area contributed by atoms with Gasteiger partial charge in [-0.05, 0) is 31.0 Å². The van der Waals surface area contributed by atoms with Gasteiger partial charge in [0.05, 0.1) is 24.9 Å². The molecule has 5 rings (SSSR count). The highest BCUT2D eigenvalue weighted by Crippen LogP contribution is 2.28. The molecule has 27 heavy (non-hydrogen) atoms. The normalized spacial score (nSPS) is 17.2. The van der Waals surface area contributed by atoms with Crippen molar-refractivity contribution in [3.8, 4) is 0 Å². The quantitative estimate of drug-likeness (QED) is 0.669. The topological polar surface area (TPSA) is 84.3 Å². The minimum atomic E-state index is -0.0579. The van der Waals surface area contributed by atoms with Crippen molar-refractivity contribution in [2.24, 2.45) is 0 Å². The van der Waals surface area contributed by atoms with E-state index >= 15 is 0 Å². The van der Waals surface area contributed by atoms with Gasteiger partial charge in [-0.2, -0.15) is 13.7 Å². The molecule has 0 radical (unpaired) electrons. The second-order valence-corrected chi connectivity index (χ2v) is 7.17. The van der Waals surface area contributed by atoms with E-state index in [9.17, 15) is 4.79 Å². The maximum absolute atomic E-state index is 13.2. The Kier molecular flexibility index (Phi) is 4.17. The highest BCUT2D eigenvalue weighted by molar-refractivity contribution is 7.00. The van der Waals surface area contributed by atoms with Crippen LogP contribution in [0.3, 0.4) is 0 Å². The van der Waals surface area contributed by atoms with Crippen molar-refractivity contribution in [1.82, 2.24) is 18.7 Å². The molecule has 1 amide bonds. The summed E-state index contributed by atoms with van der Waals surface area (Å²) in [5, 5.41) is 0. The number of aryl methyl sites for hydroxylation is 1. The van der Waals surface area contributed by atoms with E-state index in [-0.39, 0.29) is 5.91 Å². The number of carbonyl (C=O) groups is 1. The SMILES string of the molecule is O=C(c1ccc2nsnc2c1)N1CCCc2cnc(N3CCOCC3)nc21. The van der Waals surface area contributed by atoms with E-state index in [2.05, 4.69) is 18.6 Å². The third kappa shape index (κ3) is 3.02. The lowest BCUT2D eigenvalue weighted by atomic mass is 10.1. The first-order valence-corrected chi connectivity index (χ1v) is 9.75. The number of hydrogen-bond acceptors (Lipinski definition) is 8. The van der Waals surface area contributed by atoms with Gasteiger partial charge in [0.2, 0.25) is 5.95 Å². The molecule has 0 N–H and O–H groups in total. The number of benzene rings is 1. The number of nitrogens with zero attached hydrogens (tertiary/aromatic N) is 6. The van der Waals surface area contributed by atoms with Gasteiger partial charge in [0.15, 0.2) is 0 Å². The highest BCUT2D eigenvalue weighted by atomic mass is 32.1. The average Bonchev–Trinajstić information content (AvgIpc) is 3.21. The van der Waals surface area contributed by atoms with E-state index < -0.39 is 0 Å². The number of fused-ring (bicyclic) bond motifs is 2. The molecule has 2 aromatic heterocycles. The van der Waals surface area contributed by atoms with Gasteiger partial charge in [-0.25, -0.2) is 4.98 Å². The van der Waals surface area contributed by atoms with Crippen LogP contribution in [-0.2, 0) is 11.2 Å². The van der Waals surface area contributed by atoms with Crippen molar-refractivity contribution in [3.05, 3.63) is 35.5 Å².